The molecule has 1 aromatic heterocycles. The predicted molar refractivity (Wildman–Crippen MR) is 66.7 cm³/mol. The van der Waals surface area contributed by atoms with Crippen LogP contribution in [0.5, 0.6) is 0 Å². The van der Waals surface area contributed by atoms with E-state index >= 15 is 0 Å². The van der Waals surface area contributed by atoms with E-state index in [0.717, 1.165) is 12.8 Å². The second-order valence-corrected chi connectivity index (χ2v) is 4.99. The van der Waals surface area contributed by atoms with Gasteiger partial charge < -0.3 is 14.5 Å². The number of likely N-dealkylation sites (tertiary alicyclic amines) is 1. The Morgan fingerprint density at radius 1 is 1.53 bits per heavy atom. The maximum absolute atomic E-state index is 12.3. The molecule has 1 fully saturated rings. The summed E-state index contributed by atoms with van der Waals surface area (Å²) in [6, 6.07) is 0.781. The Balaban J connectivity index is 2.21. The summed E-state index contributed by atoms with van der Waals surface area (Å²) in [5, 5.41) is 12.9. The Hall–Kier alpha value is -1.85. The first kappa shape index (κ1) is 13.6. The van der Waals surface area contributed by atoms with Gasteiger partial charge in [-0.3, -0.25) is 4.79 Å². The van der Waals surface area contributed by atoms with Gasteiger partial charge in [0, 0.05) is 12.6 Å². The minimum absolute atomic E-state index is 0.181. The predicted octanol–water partition coefficient (Wildman–Crippen LogP) is 1.70. The Labute approximate surface area is 111 Å². The largest absolute Gasteiger partial charge is 0.480 e. The highest BCUT2D eigenvalue weighted by atomic mass is 16.5. The van der Waals surface area contributed by atoms with Gasteiger partial charge in [0.2, 0.25) is 0 Å². The van der Waals surface area contributed by atoms with Gasteiger partial charge in [-0.2, -0.15) is 0 Å². The number of piperidine rings is 1. The third-order valence-corrected chi connectivity index (χ3v) is 3.65. The van der Waals surface area contributed by atoms with Crippen LogP contribution in [0.15, 0.2) is 10.6 Å². The summed E-state index contributed by atoms with van der Waals surface area (Å²) in [5.74, 6) is -0.419. The van der Waals surface area contributed by atoms with Crippen LogP contribution < -0.4 is 0 Å². The molecule has 1 aliphatic heterocycles. The molecule has 2 unspecified atom stereocenters. The zero-order valence-corrected chi connectivity index (χ0v) is 11.1. The minimum atomic E-state index is -0.955. The number of carbonyl (C=O) groups excluding carboxylic acids is 1. The number of aromatic nitrogens is 1. The summed E-state index contributed by atoms with van der Waals surface area (Å²) in [7, 11) is 0. The highest BCUT2D eigenvalue weighted by Gasteiger charge is 2.36. The van der Waals surface area contributed by atoms with Crippen LogP contribution in [0.2, 0.25) is 0 Å². The Morgan fingerprint density at radius 2 is 2.26 bits per heavy atom. The summed E-state index contributed by atoms with van der Waals surface area (Å²) < 4.78 is 4.88. The van der Waals surface area contributed by atoms with Gasteiger partial charge in [0.15, 0.2) is 5.69 Å². The van der Waals surface area contributed by atoms with Crippen molar-refractivity contribution in [3.05, 3.63) is 17.5 Å². The molecule has 2 rings (SSSR count). The molecule has 104 valence electrons. The highest BCUT2D eigenvalue weighted by molar-refractivity contribution is 5.95. The van der Waals surface area contributed by atoms with Crippen molar-refractivity contribution in [2.24, 2.45) is 5.92 Å². The fourth-order valence-electron chi connectivity index (χ4n) is 2.47. The van der Waals surface area contributed by atoms with Crippen LogP contribution in [0.3, 0.4) is 0 Å². The van der Waals surface area contributed by atoms with Crippen molar-refractivity contribution in [3.8, 4) is 0 Å². The van der Waals surface area contributed by atoms with Crippen LogP contribution in [-0.2, 0) is 4.79 Å². The van der Waals surface area contributed by atoms with Crippen molar-refractivity contribution in [1.29, 1.82) is 0 Å². The van der Waals surface area contributed by atoms with Gasteiger partial charge in [0.25, 0.3) is 5.91 Å². The van der Waals surface area contributed by atoms with Gasteiger partial charge in [-0.05, 0) is 25.7 Å². The van der Waals surface area contributed by atoms with E-state index in [1.54, 1.807) is 6.92 Å². The van der Waals surface area contributed by atoms with Gasteiger partial charge in [-0.15, -0.1) is 0 Å². The Bertz CT molecular complexity index is 483. The number of aliphatic carboxylic acids is 1. The van der Waals surface area contributed by atoms with E-state index in [4.69, 9.17) is 4.52 Å². The van der Waals surface area contributed by atoms with Crippen LogP contribution in [0.25, 0.3) is 0 Å². The number of carbonyl (C=O) groups is 2. The number of hydrogen-bond donors (Lipinski definition) is 1. The van der Waals surface area contributed by atoms with E-state index in [1.807, 2.05) is 0 Å². The lowest BCUT2D eigenvalue weighted by molar-refractivity contribution is -0.144. The van der Waals surface area contributed by atoms with E-state index in [9.17, 15) is 14.7 Å². The molecule has 1 aromatic rings. The van der Waals surface area contributed by atoms with Crippen molar-refractivity contribution in [2.75, 3.05) is 6.54 Å². The molecule has 2 atom stereocenters. The van der Waals surface area contributed by atoms with E-state index in [-0.39, 0.29) is 11.6 Å². The Kier molecular flexibility index (Phi) is 3.87. The fraction of sp³-hybridized carbons (Fsp3) is 0.615. The molecule has 0 saturated carbocycles. The van der Waals surface area contributed by atoms with Crippen molar-refractivity contribution in [2.45, 2.75) is 39.2 Å². The molecule has 1 saturated heterocycles. The van der Waals surface area contributed by atoms with Crippen LogP contribution in [0.1, 0.15) is 42.4 Å². The topological polar surface area (TPSA) is 83.6 Å². The molecule has 1 aliphatic rings. The Morgan fingerprint density at radius 3 is 2.79 bits per heavy atom. The average molecular weight is 266 g/mol. The number of hydrogen-bond acceptors (Lipinski definition) is 4. The molecule has 0 bridgehead atoms. The van der Waals surface area contributed by atoms with Crippen molar-refractivity contribution >= 4 is 11.9 Å². The molecule has 6 heteroatoms. The van der Waals surface area contributed by atoms with E-state index in [1.165, 1.54) is 11.0 Å². The first-order chi connectivity index (χ1) is 9.02. The second kappa shape index (κ2) is 5.42. The van der Waals surface area contributed by atoms with Crippen LogP contribution in [0, 0.1) is 12.8 Å². The number of nitrogens with zero attached hydrogens (tertiary/aromatic N) is 2. The fourth-order valence-corrected chi connectivity index (χ4v) is 2.47. The molecule has 6 nitrogen and oxygen atoms in total. The molecule has 2 heterocycles. The number of aryl methyl sites for hydroxylation is 1. The zero-order chi connectivity index (χ0) is 14.0. The lowest BCUT2D eigenvalue weighted by Crippen LogP contribution is -2.50. The van der Waals surface area contributed by atoms with Gasteiger partial charge in [-0.25, -0.2) is 4.79 Å². The van der Waals surface area contributed by atoms with Crippen molar-refractivity contribution in [1.82, 2.24) is 10.1 Å². The number of amides is 1. The van der Waals surface area contributed by atoms with E-state index in [0.29, 0.717) is 24.6 Å². The molecule has 19 heavy (non-hydrogen) atoms. The number of carboxylic acids is 1. The second-order valence-electron chi connectivity index (χ2n) is 4.99. The number of rotatable bonds is 3. The third-order valence-electron chi connectivity index (χ3n) is 3.65. The van der Waals surface area contributed by atoms with E-state index in [2.05, 4.69) is 12.1 Å². The van der Waals surface area contributed by atoms with Crippen molar-refractivity contribution in [3.63, 3.8) is 0 Å². The quantitative estimate of drug-likeness (QED) is 0.900. The molecule has 0 spiro atoms. The first-order valence-electron chi connectivity index (χ1n) is 6.50. The summed E-state index contributed by atoms with van der Waals surface area (Å²) in [4.78, 5) is 25.0. The third kappa shape index (κ3) is 2.77. The molecule has 1 amide bonds. The van der Waals surface area contributed by atoms with Crippen molar-refractivity contribution < 1.29 is 19.2 Å². The summed E-state index contributed by atoms with van der Waals surface area (Å²) in [5.41, 5.74) is 0.181. The van der Waals surface area contributed by atoms with E-state index < -0.39 is 12.0 Å². The maximum atomic E-state index is 12.3. The highest BCUT2D eigenvalue weighted by Crippen LogP contribution is 2.26. The lowest BCUT2D eigenvalue weighted by atomic mass is 9.90. The average Bonchev–Trinajstić information content (AvgIpc) is 2.83. The number of carboxylic acid groups (broad SMARTS) is 1. The molecule has 0 radical (unpaired) electrons. The van der Waals surface area contributed by atoms with Gasteiger partial charge in [-0.1, -0.05) is 18.5 Å². The van der Waals surface area contributed by atoms with Gasteiger partial charge in [0.05, 0.1) is 0 Å². The molecular weight excluding hydrogens is 248 g/mol. The summed E-state index contributed by atoms with van der Waals surface area (Å²) in [6.45, 7) is 4.22. The minimum Gasteiger partial charge on any atom is -0.480 e. The smallest absolute Gasteiger partial charge is 0.326 e. The van der Waals surface area contributed by atoms with Crippen LogP contribution in [-0.4, -0.2) is 39.6 Å². The van der Waals surface area contributed by atoms with Gasteiger partial charge >= 0.3 is 5.97 Å². The zero-order valence-electron chi connectivity index (χ0n) is 11.1. The van der Waals surface area contributed by atoms with Gasteiger partial charge in [0.1, 0.15) is 11.8 Å². The standard InChI is InChI=1S/C13H18N2O4/c1-3-9-4-5-11(13(17)18)15(7-9)12(16)10-6-8(2)19-14-10/h6,9,11H,3-5,7H2,1-2H3,(H,17,18). The molecular formula is C13H18N2O4. The van der Waals surface area contributed by atoms with Crippen LogP contribution >= 0.6 is 0 Å². The SMILES string of the molecule is CCC1CCC(C(=O)O)N(C(=O)c2cc(C)on2)C1. The monoisotopic (exact) mass is 266 g/mol. The molecule has 0 aromatic carbocycles. The molecule has 0 aliphatic carbocycles. The summed E-state index contributed by atoms with van der Waals surface area (Å²) >= 11 is 0. The normalized spacial score (nSPS) is 23.4. The first-order valence-corrected chi connectivity index (χ1v) is 6.50. The lowest BCUT2D eigenvalue weighted by Gasteiger charge is -2.36. The summed E-state index contributed by atoms with van der Waals surface area (Å²) in [6.07, 6.45) is 2.28. The maximum Gasteiger partial charge on any atom is 0.326 e. The van der Waals surface area contributed by atoms with Crippen LogP contribution in [0.4, 0.5) is 0 Å². The molecule has 1 N–H and O–H groups in total.